The van der Waals surface area contributed by atoms with Crippen LogP contribution < -0.4 is 9.47 Å². The third-order valence-corrected chi connectivity index (χ3v) is 5.16. The average Bonchev–Trinajstić information content (AvgIpc) is 3.09. The molecule has 2 heterocycles. The molecule has 7 heteroatoms. The summed E-state index contributed by atoms with van der Waals surface area (Å²) >= 11 is 0. The van der Waals surface area contributed by atoms with Gasteiger partial charge in [-0.15, -0.1) is 0 Å². The standard InChI is InChI=1S/C20H29N3O4/c1-15(2)23(16(3)24)7-6-20(25)22-10-8-21(9-11-22)13-17-4-5-18-19(12-17)27-14-26-18/h4-5,12,15H,6-11,13-14H2,1-3H3. The molecule has 1 aromatic rings. The van der Waals surface area contributed by atoms with Gasteiger partial charge in [0, 0.05) is 58.7 Å². The molecule has 1 saturated heterocycles. The fourth-order valence-electron chi connectivity index (χ4n) is 3.61. The van der Waals surface area contributed by atoms with E-state index in [9.17, 15) is 9.59 Å². The van der Waals surface area contributed by atoms with E-state index in [1.165, 1.54) is 5.56 Å². The second-order valence-corrected chi connectivity index (χ2v) is 7.40. The first-order valence-electron chi connectivity index (χ1n) is 9.60. The largest absolute Gasteiger partial charge is 0.454 e. The Hall–Kier alpha value is -2.28. The second kappa shape index (κ2) is 8.61. The topological polar surface area (TPSA) is 62.3 Å². The van der Waals surface area contributed by atoms with Crippen molar-refractivity contribution in [3.8, 4) is 11.5 Å². The Morgan fingerprint density at radius 2 is 1.81 bits per heavy atom. The minimum Gasteiger partial charge on any atom is -0.454 e. The van der Waals surface area contributed by atoms with Gasteiger partial charge in [0.15, 0.2) is 11.5 Å². The van der Waals surface area contributed by atoms with E-state index in [1.807, 2.05) is 30.9 Å². The second-order valence-electron chi connectivity index (χ2n) is 7.40. The molecule has 2 aliphatic rings. The lowest BCUT2D eigenvalue weighted by molar-refractivity contribution is -0.135. The number of piperazine rings is 1. The van der Waals surface area contributed by atoms with Crippen LogP contribution in [0, 0.1) is 0 Å². The molecule has 0 unspecified atom stereocenters. The van der Waals surface area contributed by atoms with Gasteiger partial charge in [-0.2, -0.15) is 0 Å². The predicted octanol–water partition coefficient (Wildman–Crippen LogP) is 1.71. The molecule has 0 atom stereocenters. The highest BCUT2D eigenvalue weighted by atomic mass is 16.7. The first-order valence-corrected chi connectivity index (χ1v) is 9.60. The first-order chi connectivity index (χ1) is 12.9. The number of hydrogen-bond donors (Lipinski definition) is 0. The van der Waals surface area contributed by atoms with Crippen molar-refractivity contribution >= 4 is 11.8 Å². The number of hydrogen-bond acceptors (Lipinski definition) is 5. The summed E-state index contributed by atoms with van der Waals surface area (Å²) in [6.07, 6.45) is 0.389. The Morgan fingerprint density at radius 3 is 2.48 bits per heavy atom. The number of rotatable bonds is 6. The molecule has 2 amide bonds. The number of benzene rings is 1. The molecule has 148 valence electrons. The monoisotopic (exact) mass is 375 g/mol. The van der Waals surface area contributed by atoms with Gasteiger partial charge >= 0.3 is 0 Å². The van der Waals surface area contributed by atoms with Crippen molar-refractivity contribution in [2.75, 3.05) is 39.5 Å². The molecule has 7 nitrogen and oxygen atoms in total. The van der Waals surface area contributed by atoms with Crippen LogP contribution in [-0.4, -0.2) is 72.1 Å². The molecular weight excluding hydrogens is 346 g/mol. The Labute approximate surface area is 160 Å². The van der Waals surface area contributed by atoms with E-state index in [0.29, 0.717) is 13.0 Å². The van der Waals surface area contributed by atoms with Gasteiger partial charge in [-0.25, -0.2) is 0 Å². The van der Waals surface area contributed by atoms with Crippen LogP contribution in [0.15, 0.2) is 18.2 Å². The summed E-state index contributed by atoms with van der Waals surface area (Å²) in [5, 5.41) is 0. The molecule has 0 aliphatic carbocycles. The summed E-state index contributed by atoms with van der Waals surface area (Å²) in [4.78, 5) is 30.1. The van der Waals surface area contributed by atoms with E-state index in [4.69, 9.17) is 9.47 Å². The summed E-state index contributed by atoms with van der Waals surface area (Å²) in [6, 6.07) is 6.16. The van der Waals surface area contributed by atoms with Crippen LogP contribution in [0.3, 0.4) is 0 Å². The highest BCUT2D eigenvalue weighted by molar-refractivity contribution is 5.78. The molecule has 2 aliphatic heterocycles. The van der Waals surface area contributed by atoms with E-state index in [0.717, 1.165) is 44.2 Å². The van der Waals surface area contributed by atoms with Gasteiger partial charge in [-0.3, -0.25) is 14.5 Å². The van der Waals surface area contributed by atoms with Gasteiger partial charge < -0.3 is 19.3 Å². The maximum absolute atomic E-state index is 12.5. The van der Waals surface area contributed by atoms with Gasteiger partial charge in [0.2, 0.25) is 18.6 Å². The maximum atomic E-state index is 12.5. The van der Waals surface area contributed by atoms with Crippen molar-refractivity contribution in [2.45, 2.75) is 39.8 Å². The van der Waals surface area contributed by atoms with Crippen molar-refractivity contribution in [1.82, 2.24) is 14.7 Å². The first kappa shape index (κ1) is 19.5. The zero-order chi connectivity index (χ0) is 19.4. The molecule has 3 rings (SSSR count). The smallest absolute Gasteiger partial charge is 0.231 e. The Bertz CT molecular complexity index is 684. The highest BCUT2D eigenvalue weighted by Gasteiger charge is 2.23. The third-order valence-electron chi connectivity index (χ3n) is 5.16. The summed E-state index contributed by atoms with van der Waals surface area (Å²) in [5.41, 5.74) is 1.19. The van der Waals surface area contributed by atoms with Crippen molar-refractivity contribution in [1.29, 1.82) is 0 Å². The normalized spacial score (nSPS) is 16.7. The van der Waals surface area contributed by atoms with Crippen LogP contribution in [0.25, 0.3) is 0 Å². The van der Waals surface area contributed by atoms with Gasteiger partial charge in [0.25, 0.3) is 0 Å². The minimum absolute atomic E-state index is 0.0198. The number of carbonyl (C=O) groups is 2. The Balaban J connectivity index is 1.44. The molecule has 0 bridgehead atoms. The molecule has 0 saturated carbocycles. The van der Waals surface area contributed by atoms with E-state index in [-0.39, 0.29) is 24.6 Å². The molecular formula is C20H29N3O4. The lowest BCUT2D eigenvalue weighted by atomic mass is 10.1. The van der Waals surface area contributed by atoms with E-state index in [1.54, 1.807) is 11.8 Å². The summed E-state index contributed by atoms with van der Waals surface area (Å²) in [6.45, 7) is 10.3. The lowest BCUT2D eigenvalue weighted by Gasteiger charge is -2.35. The van der Waals surface area contributed by atoms with E-state index in [2.05, 4.69) is 11.0 Å². The molecule has 1 fully saturated rings. The SMILES string of the molecule is CC(=O)N(CCC(=O)N1CCN(Cc2ccc3c(c2)OCO3)CC1)C(C)C. The fourth-order valence-corrected chi connectivity index (χ4v) is 3.61. The lowest BCUT2D eigenvalue weighted by Crippen LogP contribution is -2.49. The average molecular weight is 375 g/mol. The number of nitrogens with zero attached hydrogens (tertiary/aromatic N) is 3. The zero-order valence-electron chi connectivity index (χ0n) is 16.4. The van der Waals surface area contributed by atoms with Crippen LogP contribution in [0.1, 0.15) is 32.8 Å². The van der Waals surface area contributed by atoms with Crippen molar-refractivity contribution in [3.63, 3.8) is 0 Å². The Kier molecular flexibility index (Phi) is 6.21. The Morgan fingerprint density at radius 1 is 1.11 bits per heavy atom. The van der Waals surface area contributed by atoms with E-state index < -0.39 is 0 Å². The molecule has 0 spiro atoms. The quantitative estimate of drug-likeness (QED) is 0.757. The van der Waals surface area contributed by atoms with Crippen LogP contribution in [0.5, 0.6) is 11.5 Å². The van der Waals surface area contributed by atoms with Gasteiger partial charge in [-0.05, 0) is 31.5 Å². The van der Waals surface area contributed by atoms with Gasteiger partial charge in [-0.1, -0.05) is 6.07 Å². The summed E-state index contributed by atoms with van der Waals surface area (Å²) in [5.74, 6) is 1.76. The number of carbonyl (C=O) groups excluding carboxylic acids is 2. The third kappa shape index (κ3) is 4.91. The zero-order valence-corrected chi connectivity index (χ0v) is 16.4. The van der Waals surface area contributed by atoms with Crippen molar-refractivity contribution < 1.29 is 19.1 Å². The van der Waals surface area contributed by atoms with Gasteiger partial charge in [0.05, 0.1) is 0 Å². The predicted molar refractivity (Wildman–Crippen MR) is 102 cm³/mol. The van der Waals surface area contributed by atoms with Crippen LogP contribution in [0.4, 0.5) is 0 Å². The van der Waals surface area contributed by atoms with Crippen molar-refractivity contribution in [2.24, 2.45) is 0 Å². The number of fused-ring (bicyclic) bond motifs is 1. The van der Waals surface area contributed by atoms with Crippen LogP contribution >= 0.6 is 0 Å². The fraction of sp³-hybridized carbons (Fsp3) is 0.600. The number of amides is 2. The molecule has 0 radical (unpaired) electrons. The molecule has 27 heavy (non-hydrogen) atoms. The minimum atomic E-state index is 0.0198. The summed E-state index contributed by atoms with van der Waals surface area (Å²) in [7, 11) is 0. The molecule has 1 aromatic carbocycles. The molecule has 0 aromatic heterocycles. The van der Waals surface area contributed by atoms with E-state index >= 15 is 0 Å². The van der Waals surface area contributed by atoms with Crippen LogP contribution in [0.2, 0.25) is 0 Å². The van der Waals surface area contributed by atoms with Crippen LogP contribution in [-0.2, 0) is 16.1 Å². The van der Waals surface area contributed by atoms with Gasteiger partial charge in [0.1, 0.15) is 0 Å². The molecule has 0 N–H and O–H groups in total. The van der Waals surface area contributed by atoms with Crippen molar-refractivity contribution in [3.05, 3.63) is 23.8 Å². The number of ether oxygens (including phenoxy) is 2. The maximum Gasteiger partial charge on any atom is 0.231 e. The summed E-state index contributed by atoms with van der Waals surface area (Å²) < 4.78 is 10.8. The highest BCUT2D eigenvalue weighted by Crippen LogP contribution is 2.32.